The largest absolute Gasteiger partial charge is 0.468 e. The maximum absolute atomic E-state index is 11.8. The van der Waals surface area contributed by atoms with Gasteiger partial charge in [-0.25, -0.2) is 4.98 Å². The van der Waals surface area contributed by atoms with Crippen molar-refractivity contribution < 1.29 is 17.6 Å². The van der Waals surface area contributed by atoms with Crippen molar-refractivity contribution in [2.75, 3.05) is 0 Å². The second-order valence-corrected chi connectivity index (χ2v) is 2.60. The van der Waals surface area contributed by atoms with Crippen LogP contribution in [0.3, 0.4) is 0 Å². The van der Waals surface area contributed by atoms with Crippen LogP contribution in [0.1, 0.15) is 11.6 Å². The fraction of sp³-hybridized carbons (Fsp3) is 0.400. The van der Waals surface area contributed by atoms with Crippen LogP contribution in [0.25, 0.3) is 0 Å². The third kappa shape index (κ3) is 1.74. The summed E-state index contributed by atoms with van der Waals surface area (Å²) in [6.07, 6.45) is -4.50. The van der Waals surface area contributed by atoms with Crippen molar-refractivity contribution in [2.24, 2.45) is 0 Å². The molecule has 0 bridgehead atoms. The first kappa shape index (κ1) is 8.58. The summed E-state index contributed by atoms with van der Waals surface area (Å²) in [4.78, 5) is 3.14. The van der Waals surface area contributed by atoms with Crippen LogP contribution in [0.5, 0.6) is 0 Å². The van der Waals surface area contributed by atoms with Gasteiger partial charge in [0.1, 0.15) is 0 Å². The number of hydrogen-bond acceptors (Lipinski definition) is 2. The highest BCUT2D eigenvalue weighted by molar-refractivity contribution is 9.10. The van der Waals surface area contributed by atoms with Gasteiger partial charge in [0.25, 0.3) is 0 Å². The van der Waals surface area contributed by atoms with E-state index in [4.69, 9.17) is 0 Å². The highest BCUT2D eigenvalue weighted by atomic mass is 79.9. The van der Waals surface area contributed by atoms with Crippen LogP contribution in [-0.4, -0.2) is 4.98 Å². The molecule has 0 aromatic carbocycles. The van der Waals surface area contributed by atoms with Gasteiger partial charge >= 0.3 is 12.1 Å². The Hall–Kier alpha value is -0.520. The summed E-state index contributed by atoms with van der Waals surface area (Å²) >= 11 is 2.78. The Morgan fingerprint density at radius 1 is 1.45 bits per heavy atom. The first-order chi connectivity index (χ1) is 4.91. The van der Waals surface area contributed by atoms with Crippen LogP contribution in [0, 0.1) is 6.92 Å². The lowest BCUT2D eigenvalue weighted by Crippen LogP contribution is -2.04. The molecule has 0 aliphatic rings. The molecule has 0 fully saturated rings. The molecule has 0 saturated carbocycles. The zero-order valence-corrected chi connectivity index (χ0v) is 6.95. The first-order valence-corrected chi connectivity index (χ1v) is 3.40. The average molecular weight is 230 g/mol. The molecule has 1 aromatic rings. The van der Waals surface area contributed by atoms with Crippen LogP contribution in [0.2, 0.25) is 0 Å². The number of nitrogens with zero attached hydrogens (tertiary/aromatic N) is 1. The van der Waals surface area contributed by atoms with E-state index in [1.807, 2.05) is 0 Å². The molecule has 1 aromatic heterocycles. The molecular weight excluding hydrogens is 227 g/mol. The highest BCUT2D eigenvalue weighted by Crippen LogP contribution is 2.31. The maximum atomic E-state index is 11.8. The second-order valence-electron chi connectivity index (χ2n) is 1.88. The van der Waals surface area contributed by atoms with Crippen LogP contribution >= 0.6 is 15.9 Å². The second kappa shape index (κ2) is 2.51. The number of aryl methyl sites for hydroxylation is 1. The smallest absolute Gasteiger partial charge is 0.426 e. The minimum atomic E-state index is -4.50. The Morgan fingerprint density at radius 3 is 2.18 bits per heavy atom. The molecule has 1 heterocycles. The maximum Gasteiger partial charge on any atom is 0.468 e. The molecule has 11 heavy (non-hydrogen) atoms. The lowest BCUT2D eigenvalue weighted by molar-refractivity contribution is -0.157. The van der Waals surface area contributed by atoms with Crippen molar-refractivity contribution in [3.63, 3.8) is 0 Å². The van der Waals surface area contributed by atoms with Crippen LogP contribution in [-0.2, 0) is 6.18 Å². The van der Waals surface area contributed by atoms with Crippen LogP contribution in [0.4, 0.5) is 13.2 Å². The van der Waals surface area contributed by atoms with Crippen LogP contribution < -0.4 is 0 Å². The first-order valence-electron chi connectivity index (χ1n) is 2.61. The van der Waals surface area contributed by atoms with Gasteiger partial charge in [-0.1, -0.05) is 0 Å². The summed E-state index contributed by atoms with van der Waals surface area (Å²) in [5.41, 5.74) is 0.192. The molecule has 0 amide bonds. The highest BCUT2D eigenvalue weighted by Gasteiger charge is 2.37. The Kier molecular flexibility index (Phi) is 1.96. The monoisotopic (exact) mass is 229 g/mol. The minimum Gasteiger partial charge on any atom is -0.426 e. The van der Waals surface area contributed by atoms with E-state index >= 15 is 0 Å². The quantitative estimate of drug-likeness (QED) is 0.684. The van der Waals surface area contributed by atoms with Gasteiger partial charge in [0, 0.05) is 0 Å². The van der Waals surface area contributed by atoms with E-state index in [-0.39, 0.29) is 10.4 Å². The zero-order chi connectivity index (χ0) is 8.65. The van der Waals surface area contributed by atoms with E-state index in [9.17, 15) is 13.2 Å². The molecule has 0 aliphatic carbocycles. The molecule has 62 valence electrons. The number of rotatable bonds is 0. The fourth-order valence-corrected chi connectivity index (χ4v) is 0.741. The van der Waals surface area contributed by atoms with Gasteiger partial charge in [0.15, 0.2) is 4.67 Å². The predicted molar refractivity (Wildman–Crippen MR) is 33.9 cm³/mol. The van der Waals surface area contributed by atoms with E-state index < -0.39 is 12.1 Å². The number of hydrogen-bond donors (Lipinski definition) is 0. The lowest BCUT2D eigenvalue weighted by Gasteiger charge is -1.97. The molecule has 0 N–H and O–H groups in total. The lowest BCUT2D eigenvalue weighted by atomic mass is 10.6. The van der Waals surface area contributed by atoms with E-state index in [0.717, 1.165) is 0 Å². The van der Waals surface area contributed by atoms with Crippen molar-refractivity contribution in [3.05, 3.63) is 16.3 Å². The number of alkyl halides is 3. The summed E-state index contributed by atoms with van der Waals surface area (Å²) in [5.74, 6) is -1.22. The zero-order valence-electron chi connectivity index (χ0n) is 5.37. The number of oxazole rings is 1. The molecular formula is C5H3BrF3NO. The van der Waals surface area contributed by atoms with Crippen molar-refractivity contribution in [1.29, 1.82) is 0 Å². The summed E-state index contributed by atoms with van der Waals surface area (Å²) in [6, 6.07) is 0. The number of aromatic nitrogens is 1. The van der Waals surface area contributed by atoms with Gasteiger partial charge in [-0.3, -0.25) is 0 Å². The van der Waals surface area contributed by atoms with Gasteiger partial charge in [-0.05, 0) is 22.9 Å². The molecule has 6 heteroatoms. The standard InChI is InChI=1S/C5H3BrF3NO/c1-2-3(6)11-4(10-2)5(7,8)9/h1H3. The van der Waals surface area contributed by atoms with Crippen molar-refractivity contribution in [2.45, 2.75) is 13.1 Å². The van der Waals surface area contributed by atoms with Crippen LogP contribution in [0.15, 0.2) is 9.09 Å². The Morgan fingerprint density at radius 2 is 2.00 bits per heavy atom. The average Bonchev–Trinajstić information content (AvgIpc) is 2.11. The summed E-state index contributed by atoms with van der Waals surface area (Å²) < 4.78 is 39.7. The summed E-state index contributed by atoms with van der Waals surface area (Å²) in [5, 5.41) is 0. The summed E-state index contributed by atoms with van der Waals surface area (Å²) in [7, 11) is 0. The molecule has 0 aliphatic heterocycles. The summed E-state index contributed by atoms with van der Waals surface area (Å²) in [6.45, 7) is 1.42. The van der Waals surface area contributed by atoms with E-state index in [1.165, 1.54) is 6.92 Å². The minimum absolute atomic E-state index is 0.0184. The van der Waals surface area contributed by atoms with Gasteiger partial charge in [-0.15, -0.1) is 0 Å². The van der Waals surface area contributed by atoms with Crippen molar-refractivity contribution >= 4 is 15.9 Å². The molecule has 0 radical (unpaired) electrons. The fourth-order valence-electron chi connectivity index (χ4n) is 0.499. The van der Waals surface area contributed by atoms with Crippen molar-refractivity contribution in [1.82, 2.24) is 4.98 Å². The topological polar surface area (TPSA) is 26.0 Å². The molecule has 0 saturated heterocycles. The molecule has 0 atom stereocenters. The number of halogens is 4. The Bertz CT molecular complexity index is 248. The van der Waals surface area contributed by atoms with Gasteiger partial charge < -0.3 is 4.42 Å². The third-order valence-electron chi connectivity index (χ3n) is 0.982. The molecule has 1 rings (SSSR count). The van der Waals surface area contributed by atoms with Gasteiger partial charge in [0.05, 0.1) is 5.69 Å². The molecule has 0 spiro atoms. The van der Waals surface area contributed by atoms with E-state index in [1.54, 1.807) is 0 Å². The molecule has 0 unspecified atom stereocenters. The molecule has 2 nitrogen and oxygen atoms in total. The van der Waals surface area contributed by atoms with Gasteiger partial charge in [0.2, 0.25) is 0 Å². The third-order valence-corrected chi connectivity index (χ3v) is 1.72. The van der Waals surface area contributed by atoms with Crippen molar-refractivity contribution in [3.8, 4) is 0 Å². The van der Waals surface area contributed by atoms with E-state index in [2.05, 4.69) is 25.3 Å². The van der Waals surface area contributed by atoms with E-state index in [0.29, 0.717) is 0 Å². The predicted octanol–water partition coefficient (Wildman–Crippen LogP) is 2.76. The Labute approximate surface area is 68.5 Å². The SMILES string of the molecule is Cc1nc(C(F)(F)F)oc1Br. The van der Waals surface area contributed by atoms with Gasteiger partial charge in [-0.2, -0.15) is 13.2 Å². The normalized spacial score (nSPS) is 12.1. The Balaban J connectivity index is 3.08.